The summed E-state index contributed by atoms with van der Waals surface area (Å²) in [5.74, 6) is -0.115. The molecule has 0 aliphatic heterocycles. The van der Waals surface area contributed by atoms with Crippen LogP contribution in [0.2, 0.25) is 10.0 Å². The molecule has 0 spiro atoms. The van der Waals surface area contributed by atoms with Gasteiger partial charge >= 0.3 is 6.18 Å². The van der Waals surface area contributed by atoms with Gasteiger partial charge in [-0.3, -0.25) is 4.21 Å². The normalized spacial score (nSPS) is 13.1. The molecule has 130 valence electrons. The van der Waals surface area contributed by atoms with Crippen LogP contribution in [0.5, 0.6) is 0 Å². The lowest BCUT2D eigenvalue weighted by atomic mass is 10.2. The summed E-state index contributed by atoms with van der Waals surface area (Å²) < 4.78 is 51.2. The first kappa shape index (κ1) is 18.8. The average Bonchev–Trinajstić information content (AvgIpc) is 2.74. The molecular formula is C13H10Cl2F3N3O2S. The Morgan fingerprint density at radius 2 is 1.88 bits per heavy atom. The Bertz CT molecular complexity index is 814. The van der Waals surface area contributed by atoms with Crippen LogP contribution in [0.25, 0.3) is 5.69 Å². The van der Waals surface area contributed by atoms with Crippen molar-refractivity contribution in [3.8, 4) is 5.69 Å². The van der Waals surface area contributed by atoms with Crippen LogP contribution in [0, 0.1) is 0 Å². The predicted octanol–water partition coefficient (Wildman–Crippen LogP) is 3.26. The summed E-state index contributed by atoms with van der Waals surface area (Å²) in [7, 11) is -1.57. The summed E-state index contributed by atoms with van der Waals surface area (Å²) in [6.07, 6.45) is -2.91. The van der Waals surface area contributed by atoms with E-state index in [9.17, 15) is 22.2 Å². The summed E-state index contributed by atoms with van der Waals surface area (Å²) in [6, 6.07) is 1.37. The Balaban J connectivity index is 2.71. The molecule has 0 amide bonds. The quantitative estimate of drug-likeness (QED) is 0.800. The van der Waals surface area contributed by atoms with E-state index in [2.05, 4.69) is 5.10 Å². The number of halogens is 5. The first-order valence-electron chi connectivity index (χ1n) is 6.29. The Hall–Kier alpha value is -1.58. The molecule has 0 saturated carbocycles. The summed E-state index contributed by atoms with van der Waals surface area (Å²) in [4.78, 5) is 10.8. The van der Waals surface area contributed by atoms with E-state index in [1.165, 1.54) is 6.26 Å². The third-order valence-corrected chi connectivity index (χ3v) is 4.66. The third-order valence-electron chi connectivity index (χ3n) is 3.06. The zero-order valence-electron chi connectivity index (χ0n) is 12.0. The van der Waals surface area contributed by atoms with Crippen LogP contribution in [0.4, 0.5) is 19.0 Å². The minimum atomic E-state index is -4.62. The molecule has 0 bridgehead atoms. The van der Waals surface area contributed by atoms with Gasteiger partial charge in [-0.2, -0.15) is 18.3 Å². The molecule has 2 N–H and O–H groups in total. The molecule has 0 aliphatic rings. The highest BCUT2D eigenvalue weighted by molar-refractivity contribution is 7.84. The number of carbonyl (C=O) groups excluding carboxylic acids is 1. The highest BCUT2D eigenvalue weighted by atomic mass is 35.5. The van der Waals surface area contributed by atoms with Crippen molar-refractivity contribution in [2.45, 2.75) is 17.5 Å². The van der Waals surface area contributed by atoms with Crippen molar-refractivity contribution in [1.29, 1.82) is 0 Å². The van der Waals surface area contributed by atoms with E-state index in [-0.39, 0.29) is 38.6 Å². The van der Waals surface area contributed by atoms with Gasteiger partial charge in [0.05, 0.1) is 32.1 Å². The Morgan fingerprint density at radius 3 is 2.29 bits per heavy atom. The van der Waals surface area contributed by atoms with Gasteiger partial charge in [-0.1, -0.05) is 23.2 Å². The monoisotopic (exact) mass is 399 g/mol. The molecule has 5 nitrogen and oxygen atoms in total. The van der Waals surface area contributed by atoms with Crippen molar-refractivity contribution in [3.63, 3.8) is 0 Å². The molecule has 11 heteroatoms. The second-order valence-corrected chi connectivity index (χ2v) is 6.81. The van der Waals surface area contributed by atoms with Crippen LogP contribution in [0.3, 0.4) is 0 Å². The topological polar surface area (TPSA) is 78.0 Å². The average molecular weight is 400 g/mol. The zero-order valence-corrected chi connectivity index (χ0v) is 14.4. The van der Waals surface area contributed by atoms with E-state index in [0.29, 0.717) is 18.4 Å². The van der Waals surface area contributed by atoms with E-state index in [1.54, 1.807) is 0 Å². The van der Waals surface area contributed by atoms with Crippen molar-refractivity contribution < 1.29 is 22.2 Å². The number of nitrogen functional groups attached to an aromatic ring is 1. The molecule has 2 aromatic rings. The molecule has 1 aromatic heterocycles. The van der Waals surface area contributed by atoms with Gasteiger partial charge in [0, 0.05) is 12.7 Å². The summed E-state index contributed by atoms with van der Waals surface area (Å²) in [5, 5.41) is 3.35. The Kier molecular flexibility index (Phi) is 5.26. The molecule has 0 fully saturated rings. The number of hydrogen-bond donors (Lipinski definition) is 1. The van der Waals surface area contributed by atoms with E-state index in [0.717, 1.165) is 4.68 Å². The van der Waals surface area contributed by atoms with Crippen LogP contribution in [-0.4, -0.2) is 26.5 Å². The molecule has 2 rings (SSSR count). The van der Waals surface area contributed by atoms with Crippen LogP contribution in [0.15, 0.2) is 17.0 Å². The van der Waals surface area contributed by atoms with E-state index < -0.39 is 22.5 Å². The van der Waals surface area contributed by atoms with Crippen LogP contribution in [0.1, 0.15) is 11.3 Å². The maximum atomic E-state index is 12.8. The van der Waals surface area contributed by atoms with E-state index in [1.807, 2.05) is 0 Å². The molecule has 1 unspecified atom stereocenters. The van der Waals surface area contributed by atoms with Gasteiger partial charge in [0.25, 0.3) is 0 Å². The number of nitrogens with zero attached hydrogens (tertiary/aromatic N) is 2. The smallest absolute Gasteiger partial charge is 0.383 e. The number of aromatic nitrogens is 2. The number of carbonyl (C=O) groups is 1. The minimum Gasteiger partial charge on any atom is -0.383 e. The van der Waals surface area contributed by atoms with Crippen molar-refractivity contribution in [2.75, 3.05) is 12.0 Å². The largest absolute Gasteiger partial charge is 0.416 e. The summed E-state index contributed by atoms with van der Waals surface area (Å²) in [5.41, 5.74) is 4.90. The maximum Gasteiger partial charge on any atom is 0.416 e. The number of nitrogens with two attached hydrogens (primary N) is 1. The number of rotatable bonds is 4. The van der Waals surface area contributed by atoms with Gasteiger partial charge in [-0.25, -0.2) is 4.68 Å². The number of alkyl halides is 3. The summed E-state index contributed by atoms with van der Waals surface area (Å²) in [6.45, 7) is 0. The number of anilines is 1. The second-order valence-electron chi connectivity index (χ2n) is 4.68. The molecular weight excluding hydrogens is 390 g/mol. The highest BCUT2D eigenvalue weighted by Crippen LogP contribution is 2.39. The van der Waals surface area contributed by atoms with Crippen LogP contribution in [-0.2, 0) is 28.2 Å². The van der Waals surface area contributed by atoms with Crippen molar-refractivity contribution in [1.82, 2.24) is 9.78 Å². The van der Waals surface area contributed by atoms with Crippen LogP contribution < -0.4 is 5.73 Å². The lowest BCUT2D eigenvalue weighted by molar-refractivity contribution is -0.137. The molecule has 0 saturated heterocycles. The molecule has 0 aliphatic carbocycles. The van der Waals surface area contributed by atoms with Gasteiger partial charge < -0.3 is 10.5 Å². The van der Waals surface area contributed by atoms with Gasteiger partial charge in [-0.15, -0.1) is 0 Å². The molecule has 1 aromatic carbocycles. The van der Waals surface area contributed by atoms with Gasteiger partial charge in [0.1, 0.15) is 22.7 Å². The molecule has 1 heterocycles. The number of benzene rings is 1. The highest BCUT2D eigenvalue weighted by Gasteiger charge is 2.33. The Morgan fingerprint density at radius 1 is 1.33 bits per heavy atom. The fraction of sp³-hybridized carbons (Fsp3) is 0.231. The fourth-order valence-electron chi connectivity index (χ4n) is 2.09. The minimum absolute atomic E-state index is 0.0901. The van der Waals surface area contributed by atoms with E-state index >= 15 is 0 Å². The summed E-state index contributed by atoms with van der Waals surface area (Å²) >= 11 is 11.8. The van der Waals surface area contributed by atoms with Crippen molar-refractivity contribution >= 4 is 46.1 Å². The zero-order chi connectivity index (χ0) is 18.2. The maximum absolute atomic E-state index is 12.8. The SMILES string of the molecule is CS(=O)c1c(CC=O)nn(-c2c(Cl)cc(C(F)(F)F)cc2Cl)c1N. The second kappa shape index (κ2) is 6.73. The van der Waals surface area contributed by atoms with Gasteiger partial charge in [-0.05, 0) is 12.1 Å². The predicted molar refractivity (Wildman–Crippen MR) is 85.1 cm³/mol. The lowest BCUT2D eigenvalue weighted by Gasteiger charge is -2.13. The lowest BCUT2D eigenvalue weighted by Crippen LogP contribution is -2.09. The molecule has 0 radical (unpaired) electrons. The van der Waals surface area contributed by atoms with Gasteiger partial charge in [0.15, 0.2) is 0 Å². The van der Waals surface area contributed by atoms with Crippen LogP contribution >= 0.6 is 23.2 Å². The standard InChI is InChI=1S/C13H10Cl2F3N3O2S/c1-24(23)11-9(2-3-22)20-21(12(11)19)10-7(14)4-6(5-8(10)15)13(16,17)18/h3-5H,2,19H2,1H3. The number of aldehydes is 1. The molecule has 24 heavy (non-hydrogen) atoms. The van der Waals surface area contributed by atoms with Crippen molar-refractivity contribution in [2.24, 2.45) is 0 Å². The number of hydrogen-bond acceptors (Lipinski definition) is 4. The molecule has 1 atom stereocenters. The first-order valence-corrected chi connectivity index (χ1v) is 8.60. The Labute approximate surface area is 147 Å². The van der Waals surface area contributed by atoms with Crippen molar-refractivity contribution in [3.05, 3.63) is 33.4 Å². The third kappa shape index (κ3) is 3.42. The van der Waals surface area contributed by atoms with E-state index in [4.69, 9.17) is 28.9 Å². The fourth-order valence-corrected chi connectivity index (χ4v) is 3.58. The van der Waals surface area contributed by atoms with Gasteiger partial charge in [0.2, 0.25) is 0 Å². The first-order chi connectivity index (χ1) is 11.1.